The maximum absolute atomic E-state index is 13.6. The molecule has 176 valence electrons. The van der Waals surface area contributed by atoms with Crippen molar-refractivity contribution in [3.05, 3.63) is 88.8 Å². The molecular formula is C28H29NO4S. The molecule has 0 saturated carbocycles. The normalized spacial score (nSPS) is 16.7. The second-order valence-corrected chi connectivity index (χ2v) is 9.00. The van der Waals surface area contributed by atoms with Gasteiger partial charge in [0.1, 0.15) is 11.1 Å². The van der Waals surface area contributed by atoms with Crippen molar-refractivity contribution < 1.29 is 19.0 Å². The summed E-state index contributed by atoms with van der Waals surface area (Å²) >= 11 is 1.55. The molecule has 0 aliphatic carbocycles. The van der Waals surface area contributed by atoms with Gasteiger partial charge in [0, 0.05) is 5.69 Å². The molecule has 1 fully saturated rings. The van der Waals surface area contributed by atoms with Crippen LogP contribution in [0.15, 0.2) is 77.7 Å². The first-order chi connectivity index (χ1) is 16.6. The zero-order valence-electron chi connectivity index (χ0n) is 19.7. The maximum atomic E-state index is 13.6. The van der Waals surface area contributed by atoms with Gasteiger partial charge in [-0.2, -0.15) is 0 Å². The van der Waals surface area contributed by atoms with Gasteiger partial charge in [-0.1, -0.05) is 61.5 Å². The van der Waals surface area contributed by atoms with Crippen LogP contribution in [-0.2, 0) is 4.79 Å². The molecule has 3 aromatic carbocycles. The third-order valence-electron chi connectivity index (χ3n) is 5.58. The summed E-state index contributed by atoms with van der Waals surface area (Å²) in [5.41, 5.74) is 2.78. The van der Waals surface area contributed by atoms with E-state index in [4.69, 9.17) is 14.2 Å². The molecule has 0 radical (unpaired) electrons. The summed E-state index contributed by atoms with van der Waals surface area (Å²) in [5.74, 6) is 2.09. The van der Waals surface area contributed by atoms with Gasteiger partial charge < -0.3 is 14.2 Å². The Hall–Kier alpha value is -3.38. The first kappa shape index (κ1) is 23.8. The lowest BCUT2D eigenvalue weighted by atomic mass is 10.1. The van der Waals surface area contributed by atoms with Crippen molar-refractivity contribution >= 4 is 29.4 Å². The minimum absolute atomic E-state index is 0.0359. The Kier molecular flexibility index (Phi) is 7.80. The van der Waals surface area contributed by atoms with E-state index in [1.54, 1.807) is 26.0 Å². The van der Waals surface area contributed by atoms with Crippen molar-refractivity contribution in [2.75, 3.05) is 25.7 Å². The van der Waals surface area contributed by atoms with Gasteiger partial charge in [-0.15, -0.1) is 0 Å². The first-order valence-corrected chi connectivity index (χ1v) is 12.2. The molecule has 6 heteroatoms. The van der Waals surface area contributed by atoms with Gasteiger partial charge in [0.2, 0.25) is 0 Å². The number of ether oxygens (including phenoxy) is 3. The smallest absolute Gasteiger partial charge is 0.266 e. The molecule has 0 aromatic heterocycles. The second-order valence-electron chi connectivity index (χ2n) is 7.87. The molecule has 1 amide bonds. The number of nitrogens with zero attached hydrogens (tertiary/aromatic N) is 1. The predicted molar refractivity (Wildman–Crippen MR) is 139 cm³/mol. The average molecular weight is 476 g/mol. The minimum atomic E-state index is -0.160. The standard InChI is InChI=1S/C28H29NO4S/c1-4-5-17-33-24-16-11-20(18-25(24)32-3)19-26-27(30)29(22-12-14-23(31-2)15-13-22)28(34-26)21-9-7-6-8-10-21/h6-16,18-19,28H,4-5,17H2,1-3H3/b26-19-. The molecule has 1 atom stereocenters. The zero-order chi connectivity index (χ0) is 23.9. The second kappa shape index (κ2) is 11.2. The highest BCUT2D eigenvalue weighted by Gasteiger charge is 2.38. The maximum Gasteiger partial charge on any atom is 0.266 e. The molecule has 5 nitrogen and oxygen atoms in total. The van der Waals surface area contributed by atoms with Gasteiger partial charge in [0.25, 0.3) is 5.91 Å². The fourth-order valence-corrected chi connectivity index (χ4v) is 5.01. The molecule has 1 aliphatic heterocycles. The van der Waals surface area contributed by atoms with Gasteiger partial charge in [-0.3, -0.25) is 9.69 Å². The highest BCUT2D eigenvalue weighted by atomic mass is 32.2. The Balaban J connectivity index is 1.66. The Morgan fingerprint density at radius 3 is 2.38 bits per heavy atom. The van der Waals surface area contributed by atoms with Gasteiger partial charge in [0.05, 0.1) is 25.7 Å². The molecule has 1 heterocycles. The van der Waals surface area contributed by atoms with Crippen LogP contribution in [0.1, 0.15) is 36.3 Å². The number of thioether (sulfide) groups is 1. The van der Waals surface area contributed by atoms with E-state index < -0.39 is 0 Å². The number of anilines is 1. The number of benzene rings is 3. The van der Waals surface area contributed by atoms with Gasteiger partial charge in [-0.25, -0.2) is 0 Å². The Morgan fingerprint density at radius 2 is 1.71 bits per heavy atom. The Labute approximate surface area is 205 Å². The average Bonchev–Trinajstić information content (AvgIpc) is 3.21. The lowest BCUT2D eigenvalue weighted by molar-refractivity contribution is -0.114. The number of unbranched alkanes of at least 4 members (excludes halogenated alkanes) is 1. The van der Waals surface area contributed by atoms with E-state index in [1.165, 1.54) is 0 Å². The van der Waals surface area contributed by atoms with Crippen LogP contribution >= 0.6 is 11.8 Å². The van der Waals surface area contributed by atoms with E-state index in [-0.39, 0.29) is 11.3 Å². The largest absolute Gasteiger partial charge is 0.497 e. The van der Waals surface area contributed by atoms with Gasteiger partial charge >= 0.3 is 0 Å². The lowest BCUT2D eigenvalue weighted by Gasteiger charge is -2.24. The number of hydrogen-bond donors (Lipinski definition) is 0. The predicted octanol–water partition coefficient (Wildman–Crippen LogP) is 6.70. The van der Waals surface area contributed by atoms with E-state index in [9.17, 15) is 4.79 Å². The summed E-state index contributed by atoms with van der Waals surface area (Å²) in [5, 5.41) is -0.160. The van der Waals surface area contributed by atoms with Crippen molar-refractivity contribution in [2.24, 2.45) is 0 Å². The topological polar surface area (TPSA) is 48.0 Å². The quantitative estimate of drug-likeness (QED) is 0.254. The molecule has 3 aromatic rings. The van der Waals surface area contributed by atoms with E-state index in [1.807, 2.05) is 71.6 Å². The van der Waals surface area contributed by atoms with Crippen molar-refractivity contribution in [3.63, 3.8) is 0 Å². The molecule has 0 bridgehead atoms. The van der Waals surface area contributed by atoms with E-state index in [2.05, 4.69) is 19.1 Å². The third-order valence-corrected chi connectivity index (χ3v) is 6.83. The van der Waals surface area contributed by atoms with Crippen molar-refractivity contribution in [3.8, 4) is 17.2 Å². The van der Waals surface area contributed by atoms with Crippen LogP contribution in [0.25, 0.3) is 6.08 Å². The van der Waals surface area contributed by atoms with Crippen LogP contribution in [0.2, 0.25) is 0 Å². The molecule has 34 heavy (non-hydrogen) atoms. The van der Waals surface area contributed by atoms with E-state index in [0.717, 1.165) is 35.4 Å². The van der Waals surface area contributed by atoms with Crippen LogP contribution in [0, 0.1) is 0 Å². The first-order valence-electron chi connectivity index (χ1n) is 11.4. The highest BCUT2D eigenvalue weighted by molar-refractivity contribution is 8.05. The number of carbonyl (C=O) groups excluding carboxylic acids is 1. The molecule has 4 rings (SSSR count). The number of methoxy groups -OCH3 is 2. The lowest BCUT2D eigenvalue weighted by Crippen LogP contribution is -2.27. The summed E-state index contributed by atoms with van der Waals surface area (Å²) in [7, 11) is 3.26. The van der Waals surface area contributed by atoms with Crippen molar-refractivity contribution in [1.29, 1.82) is 0 Å². The molecular weight excluding hydrogens is 446 g/mol. The van der Waals surface area contributed by atoms with Crippen molar-refractivity contribution in [1.82, 2.24) is 0 Å². The molecule has 1 aliphatic rings. The van der Waals surface area contributed by atoms with Crippen LogP contribution in [-0.4, -0.2) is 26.7 Å². The molecule has 0 N–H and O–H groups in total. The molecule has 1 saturated heterocycles. The van der Waals surface area contributed by atoms with E-state index >= 15 is 0 Å². The van der Waals surface area contributed by atoms with Crippen molar-refractivity contribution in [2.45, 2.75) is 25.1 Å². The summed E-state index contributed by atoms with van der Waals surface area (Å²) in [6.07, 6.45) is 3.98. The highest BCUT2D eigenvalue weighted by Crippen LogP contribution is 2.48. The van der Waals surface area contributed by atoms with Crippen LogP contribution in [0.3, 0.4) is 0 Å². The van der Waals surface area contributed by atoms with Crippen LogP contribution in [0.4, 0.5) is 5.69 Å². The number of carbonyl (C=O) groups is 1. The SMILES string of the molecule is CCCCOc1ccc(/C=C2\SC(c3ccccc3)N(c3ccc(OC)cc3)C2=O)cc1OC. The van der Waals surface area contributed by atoms with Gasteiger partial charge in [-0.05, 0) is 60.0 Å². The zero-order valence-corrected chi connectivity index (χ0v) is 20.5. The summed E-state index contributed by atoms with van der Waals surface area (Å²) in [6.45, 7) is 2.78. The summed E-state index contributed by atoms with van der Waals surface area (Å²) in [4.78, 5) is 16.1. The fourth-order valence-electron chi connectivity index (χ4n) is 3.75. The summed E-state index contributed by atoms with van der Waals surface area (Å²) < 4.78 is 16.7. The van der Waals surface area contributed by atoms with E-state index in [0.29, 0.717) is 23.0 Å². The number of rotatable bonds is 9. The number of hydrogen-bond acceptors (Lipinski definition) is 5. The van der Waals surface area contributed by atoms with Crippen LogP contribution < -0.4 is 19.1 Å². The minimum Gasteiger partial charge on any atom is -0.497 e. The monoisotopic (exact) mass is 475 g/mol. The Morgan fingerprint density at radius 1 is 0.941 bits per heavy atom. The third kappa shape index (κ3) is 5.23. The Bertz CT molecular complexity index is 1140. The summed E-state index contributed by atoms with van der Waals surface area (Å²) in [6, 6.07) is 23.4. The fraction of sp³-hybridized carbons (Fsp3) is 0.250. The van der Waals surface area contributed by atoms with Crippen LogP contribution in [0.5, 0.6) is 17.2 Å². The van der Waals surface area contributed by atoms with Gasteiger partial charge in [0.15, 0.2) is 11.5 Å². The molecule has 1 unspecified atom stereocenters. The molecule has 0 spiro atoms. The number of amides is 1.